The Morgan fingerprint density at radius 3 is 2.43 bits per heavy atom. The van der Waals surface area contributed by atoms with E-state index < -0.39 is 16.7 Å². The van der Waals surface area contributed by atoms with Crippen LogP contribution in [0.25, 0.3) is 0 Å². The normalized spacial score (nSPS) is 11.7. The Kier molecular flexibility index (Phi) is 4.20. The molecule has 0 amide bonds. The molecule has 0 saturated heterocycles. The van der Waals surface area contributed by atoms with Crippen LogP contribution in [-0.2, 0) is 0 Å². The number of nitro groups is 1. The van der Waals surface area contributed by atoms with E-state index in [1.807, 2.05) is 0 Å². The highest BCUT2D eigenvalue weighted by Gasteiger charge is 2.22. The highest BCUT2D eigenvalue weighted by atomic mass is 35.5. The third-order valence-corrected chi connectivity index (χ3v) is 3.47. The summed E-state index contributed by atoms with van der Waals surface area (Å²) in [6, 6.07) is 10.2. The Morgan fingerprint density at radius 1 is 1.33 bits per heavy atom. The number of nitriles is 1. The predicted octanol–water partition coefficient (Wildman–Crippen LogP) is 4.35. The third kappa shape index (κ3) is 3.01. The van der Waals surface area contributed by atoms with E-state index in [-0.39, 0.29) is 10.7 Å². The molecule has 0 fully saturated rings. The van der Waals surface area contributed by atoms with Gasteiger partial charge in [-0.05, 0) is 35.7 Å². The average Bonchev–Trinajstić information content (AvgIpc) is 2.43. The van der Waals surface area contributed by atoms with Crippen LogP contribution < -0.4 is 0 Å². The van der Waals surface area contributed by atoms with Crippen LogP contribution in [0.1, 0.15) is 22.6 Å². The van der Waals surface area contributed by atoms with E-state index in [1.54, 1.807) is 6.92 Å². The fourth-order valence-corrected chi connectivity index (χ4v) is 2.54. The molecule has 106 valence electrons. The van der Waals surface area contributed by atoms with Gasteiger partial charge in [0.05, 0.1) is 21.9 Å². The van der Waals surface area contributed by atoms with E-state index in [1.165, 1.54) is 36.4 Å². The van der Waals surface area contributed by atoms with Crippen molar-refractivity contribution >= 4 is 17.3 Å². The lowest BCUT2D eigenvalue weighted by atomic mass is 9.89. The molecule has 6 heteroatoms. The van der Waals surface area contributed by atoms with Gasteiger partial charge in [-0.25, -0.2) is 4.39 Å². The quantitative estimate of drug-likeness (QED) is 0.625. The van der Waals surface area contributed by atoms with Crippen molar-refractivity contribution in [3.05, 3.63) is 74.0 Å². The Bertz CT molecular complexity index is 715. The minimum atomic E-state index is -0.709. The van der Waals surface area contributed by atoms with Crippen molar-refractivity contribution in [1.29, 1.82) is 5.26 Å². The van der Waals surface area contributed by atoms with E-state index in [9.17, 15) is 19.8 Å². The number of nitro benzene ring substituents is 1. The van der Waals surface area contributed by atoms with Crippen LogP contribution in [0.3, 0.4) is 0 Å². The van der Waals surface area contributed by atoms with Gasteiger partial charge in [-0.3, -0.25) is 10.1 Å². The van der Waals surface area contributed by atoms with E-state index in [0.717, 1.165) is 0 Å². The molecule has 0 bridgehead atoms. The monoisotopic (exact) mass is 304 g/mol. The second-order valence-corrected chi connectivity index (χ2v) is 4.94. The number of non-ortho nitro benzene ring substituents is 1. The summed E-state index contributed by atoms with van der Waals surface area (Å²) in [6.07, 6.45) is 0. The molecule has 0 aliphatic heterocycles. The van der Waals surface area contributed by atoms with Crippen molar-refractivity contribution in [2.45, 2.75) is 12.8 Å². The third-order valence-electron chi connectivity index (χ3n) is 3.15. The first-order valence-corrected chi connectivity index (χ1v) is 6.41. The molecule has 0 heterocycles. The van der Waals surface area contributed by atoms with Gasteiger partial charge in [0.15, 0.2) is 0 Å². The predicted molar refractivity (Wildman–Crippen MR) is 76.7 cm³/mol. The zero-order valence-electron chi connectivity index (χ0n) is 11.0. The number of nitrogens with zero attached hydrogens (tertiary/aromatic N) is 2. The molecule has 0 saturated carbocycles. The van der Waals surface area contributed by atoms with Crippen LogP contribution in [0.4, 0.5) is 10.1 Å². The summed E-state index contributed by atoms with van der Waals surface area (Å²) in [6.45, 7) is 1.65. The second kappa shape index (κ2) is 5.90. The van der Waals surface area contributed by atoms with E-state index >= 15 is 0 Å². The molecule has 1 unspecified atom stereocenters. The van der Waals surface area contributed by atoms with E-state index in [2.05, 4.69) is 6.07 Å². The summed E-state index contributed by atoms with van der Waals surface area (Å²) < 4.78 is 13.0. The van der Waals surface area contributed by atoms with Crippen LogP contribution in [0.2, 0.25) is 5.02 Å². The first-order chi connectivity index (χ1) is 9.93. The lowest BCUT2D eigenvalue weighted by Crippen LogP contribution is -2.03. The van der Waals surface area contributed by atoms with Crippen molar-refractivity contribution in [2.75, 3.05) is 0 Å². The summed E-state index contributed by atoms with van der Waals surface area (Å²) in [5.41, 5.74) is 1.50. The number of hydrogen-bond acceptors (Lipinski definition) is 3. The van der Waals surface area contributed by atoms with Crippen LogP contribution in [0.5, 0.6) is 0 Å². The fraction of sp³-hybridized carbons (Fsp3) is 0.133. The van der Waals surface area contributed by atoms with Gasteiger partial charge in [-0.15, -0.1) is 0 Å². The molecule has 21 heavy (non-hydrogen) atoms. The van der Waals surface area contributed by atoms with Gasteiger partial charge in [-0.1, -0.05) is 23.7 Å². The van der Waals surface area contributed by atoms with Crippen molar-refractivity contribution in [2.24, 2.45) is 0 Å². The van der Waals surface area contributed by atoms with Gasteiger partial charge < -0.3 is 0 Å². The van der Waals surface area contributed by atoms with Gasteiger partial charge in [0.2, 0.25) is 0 Å². The molecule has 0 spiro atoms. The summed E-state index contributed by atoms with van der Waals surface area (Å²) in [7, 11) is 0. The maximum atomic E-state index is 13.0. The maximum absolute atomic E-state index is 13.0. The summed E-state index contributed by atoms with van der Waals surface area (Å²) in [5.74, 6) is -1.11. The van der Waals surface area contributed by atoms with Gasteiger partial charge in [0, 0.05) is 12.1 Å². The lowest BCUT2D eigenvalue weighted by molar-refractivity contribution is -0.384. The van der Waals surface area contributed by atoms with E-state index in [0.29, 0.717) is 16.7 Å². The first-order valence-electron chi connectivity index (χ1n) is 6.03. The van der Waals surface area contributed by atoms with Crippen LogP contribution in [0, 0.1) is 34.2 Å². The molecule has 2 aromatic carbocycles. The maximum Gasteiger partial charge on any atom is 0.271 e. The van der Waals surface area contributed by atoms with Gasteiger partial charge in [-0.2, -0.15) is 5.26 Å². The Hall–Kier alpha value is -2.45. The Labute approximate surface area is 125 Å². The number of benzene rings is 2. The summed E-state index contributed by atoms with van der Waals surface area (Å²) in [4.78, 5) is 10.3. The average molecular weight is 305 g/mol. The molecule has 0 aliphatic rings. The molecule has 0 N–H and O–H groups in total. The van der Waals surface area contributed by atoms with Crippen molar-refractivity contribution in [3.8, 4) is 6.07 Å². The lowest BCUT2D eigenvalue weighted by Gasteiger charge is -2.14. The highest BCUT2D eigenvalue weighted by molar-refractivity contribution is 6.31. The van der Waals surface area contributed by atoms with Gasteiger partial charge in [0.1, 0.15) is 5.82 Å². The van der Waals surface area contributed by atoms with E-state index in [4.69, 9.17) is 11.6 Å². The fourth-order valence-electron chi connectivity index (χ4n) is 2.17. The molecule has 4 nitrogen and oxygen atoms in total. The first kappa shape index (κ1) is 14.9. The minimum Gasteiger partial charge on any atom is -0.258 e. The Balaban J connectivity index is 2.56. The van der Waals surface area contributed by atoms with Crippen molar-refractivity contribution in [3.63, 3.8) is 0 Å². The second-order valence-electron chi connectivity index (χ2n) is 4.53. The standard InChI is InChI=1S/C15H10ClFN2O2/c1-9-6-12(19(20)21)7-14(16)15(9)13(8-18)10-2-4-11(17)5-3-10/h2-7,13H,1H3. The van der Waals surface area contributed by atoms with Gasteiger partial charge >= 0.3 is 0 Å². The number of hydrogen-bond donors (Lipinski definition) is 0. The van der Waals surface area contributed by atoms with Crippen LogP contribution >= 0.6 is 11.6 Å². The van der Waals surface area contributed by atoms with Crippen molar-refractivity contribution < 1.29 is 9.31 Å². The number of aryl methyl sites for hydroxylation is 1. The molecule has 0 aromatic heterocycles. The SMILES string of the molecule is Cc1cc([N+](=O)[O-])cc(Cl)c1C(C#N)c1ccc(F)cc1. The van der Waals surface area contributed by atoms with Crippen LogP contribution in [0.15, 0.2) is 36.4 Å². The smallest absolute Gasteiger partial charge is 0.258 e. The molecule has 1 atom stereocenters. The topological polar surface area (TPSA) is 66.9 Å². The molecule has 0 radical (unpaired) electrons. The summed E-state index contributed by atoms with van der Waals surface area (Å²) >= 11 is 6.10. The zero-order chi connectivity index (χ0) is 15.6. The minimum absolute atomic E-state index is 0.128. The van der Waals surface area contributed by atoms with Crippen LogP contribution in [-0.4, -0.2) is 4.92 Å². The van der Waals surface area contributed by atoms with Crippen molar-refractivity contribution in [1.82, 2.24) is 0 Å². The molecule has 2 rings (SSSR count). The van der Waals surface area contributed by atoms with Gasteiger partial charge in [0.25, 0.3) is 5.69 Å². The molecule has 0 aliphatic carbocycles. The molecular formula is C15H10ClFN2O2. The Morgan fingerprint density at radius 2 is 1.95 bits per heavy atom. The molecular weight excluding hydrogens is 295 g/mol. The highest BCUT2D eigenvalue weighted by Crippen LogP contribution is 2.35. The summed E-state index contributed by atoms with van der Waals surface area (Å²) in [5, 5.41) is 20.3. The zero-order valence-corrected chi connectivity index (χ0v) is 11.8. The number of halogens is 2. The largest absolute Gasteiger partial charge is 0.271 e. The number of rotatable bonds is 3. The molecule has 2 aromatic rings.